The van der Waals surface area contributed by atoms with Crippen LogP contribution in [0.15, 0.2) is 59.7 Å². The second-order valence-electron chi connectivity index (χ2n) is 5.35. The molecule has 3 rings (SSSR count). The Labute approximate surface area is 136 Å². The van der Waals surface area contributed by atoms with Crippen LogP contribution in [0.3, 0.4) is 0 Å². The summed E-state index contributed by atoms with van der Waals surface area (Å²) < 4.78 is 0. The summed E-state index contributed by atoms with van der Waals surface area (Å²) in [6.07, 6.45) is 3.26. The summed E-state index contributed by atoms with van der Waals surface area (Å²) in [5, 5.41) is 8.23. The summed E-state index contributed by atoms with van der Waals surface area (Å²) in [5.41, 5.74) is 7.87. The van der Waals surface area contributed by atoms with Gasteiger partial charge in [-0.2, -0.15) is 5.10 Å². The molecule has 0 fully saturated rings. The van der Waals surface area contributed by atoms with E-state index in [9.17, 15) is 0 Å². The van der Waals surface area contributed by atoms with Crippen LogP contribution in [0.4, 0.5) is 0 Å². The average Bonchev–Trinajstić information content (AvgIpc) is 2.59. The van der Waals surface area contributed by atoms with E-state index < -0.39 is 0 Å². The summed E-state index contributed by atoms with van der Waals surface area (Å²) in [6.45, 7) is 0.702. The Hall–Kier alpha value is -2.20. The molecule has 1 aliphatic rings. The second-order valence-corrected chi connectivity index (χ2v) is 5.76. The van der Waals surface area contributed by atoms with Crippen LogP contribution in [0.25, 0.3) is 0 Å². The van der Waals surface area contributed by atoms with Crippen LogP contribution in [0.1, 0.15) is 29.5 Å². The zero-order chi connectivity index (χ0) is 15.2. The molecule has 0 heterocycles. The number of nitrogens with zero attached hydrogens (tertiary/aromatic N) is 1. The number of hydrazone groups is 1. The van der Waals surface area contributed by atoms with Crippen molar-refractivity contribution in [3.63, 3.8) is 0 Å². The van der Waals surface area contributed by atoms with Crippen molar-refractivity contribution in [2.24, 2.45) is 5.10 Å². The lowest BCUT2D eigenvalue weighted by molar-refractivity contribution is 0.818. The molecule has 0 aromatic heterocycles. The van der Waals surface area contributed by atoms with Crippen molar-refractivity contribution in [2.45, 2.75) is 25.8 Å². The maximum Gasteiger partial charge on any atom is 0.187 e. The van der Waals surface area contributed by atoms with Gasteiger partial charge in [-0.1, -0.05) is 54.6 Å². The molecule has 0 saturated heterocycles. The van der Waals surface area contributed by atoms with E-state index in [4.69, 9.17) is 12.2 Å². The number of aryl methyl sites for hydroxylation is 1. The molecule has 4 heteroatoms. The summed E-state index contributed by atoms with van der Waals surface area (Å²) >= 11 is 5.29. The normalized spacial score (nSPS) is 15.2. The summed E-state index contributed by atoms with van der Waals surface area (Å²) in [7, 11) is 0. The Bertz CT molecular complexity index is 680. The Morgan fingerprint density at radius 2 is 1.77 bits per heavy atom. The summed E-state index contributed by atoms with van der Waals surface area (Å²) in [6, 6.07) is 18.6. The van der Waals surface area contributed by atoms with Crippen molar-refractivity contribution in [3.05, 3.63) is 71.3 Å². The lowest BCUT2D eigenvalue weighted by atomic mass is 9.90. The van der Waals surface area contributed by atoms with Gasteiger partial charge in [0.05, 0.1) is 5.71 Å². The largest absolute Gasteiger partial charge is 0.357 e. The second kappa shape index (κ2) is 7.18. The first kappa shape index (κ1) is 14.7. The van der Waals surface area contributed by atoms with Gasteiger partial charge in [0, 0.05) is 12.1 Å². The molecule has 2 aromatic carbocycles. The number of fused-ring (bicyclic) bond motifs is 1. The number of thiocarbonyl (C=S) groups is 1. The number of rotatable bonds is 3. The highest BCUT2D eigenvalue weighted by Gasteiger charge is 2.14. The molecule has 0 amide bonds. The zero-order valence-corrected chi connectivity index (χ0v) is 13.2. The molecule has 0 atom stereocenters. The van der Waals surface area contributed by atoms with Crippen molar-refractivity contribution in [1.29, 1.82) is 0 Å². The van der Waals surface area contributed by atoms with Crippen molar-refractivity contribution in [2.75, 3.05) is 0 Å². The van der Waals surface area contributed by atoms with E-state index in [1.165, 1.54) is 16.7 Å². The van der Waals surface area contributed by atoms with Gasteiger partial charge in [0.15, 0.2) is 5.11 Å². The Morgan fingerprint density at radius 3 is 2.64 bits per heavy atom. The fourth-order valence-electron chi connectivity index (χ4n) is 2.65. The fraction of sp³-hybridized carbons (Fsp3) is 0.222. The summed E-state index contributed by atoms with van der Waals surface area (Å²) in [5.74, 6) is 0. The maximum atomic E-state index is 5.29. The number of benzene rings is 2. The molecular formula is C18H19N3S. The van der Waals surface area contributed by atoms with Gasteiger partial charge >= 0.3 is 0 Å². The molecule has 22 heavy (non-hydrogen) atoms. The molecular weight excluding hydrogens is 290 g/mol. The summed E-state index contributed by atoms with van der Waals surface area (Å²) in [4.78, 5) is 0. The maximum absolute atomic E-state index is 5.29. The highest BCUT2D eigenvalue weighted by Crippen LogP contribution is 2.21. The van der Waals surface area contributed by atoms with Gasteiger partial charge in [-0.3, -0.25) is 5.43 Å². The molecule has 0 bridgehead atoms. The van der Waals surface area contributed by atoms with Gasteiger partial charge in [-0.05, 0) is 42.6 Å². The third kappa shape index (κ3) is 3.71. The van der Waals surface area contributed by atoms with Crippen LogP contribution < -0.4 is 10.7 Å². The molecule has 0 spiro atoms. The highest BCUT2D eigenvalue weighted by molar-refractivity contribution is 7.80. The number of nitrogens with one attached hydrogen (secondary N) is 2. The molecule has 0 aliphatic heterocycles. The van der Waals surface area contributed by atoms with Gasteiger partial charge in [-0.25, -0.2) is 0 Å². The highest BCUT2D eigenvalue weighted by atomic mass is 32.1. The van der Waals surface area contributed by atoms with Crippen molar-refractivity contribution < 1.29 is 0 Å². The van der Waals surface area contributed by atoms with E-state index in [-0.39, 0.29) is 0 Å². The van der Waals surface area contributed by atoms with Crippen LogP contribution in [0, 0.1) is 0 Å². The molecule has 0 saturated carbocycles. The topological polar surface area (TPSA) is 36.4 Å². The van der Waals surface area contributed by atoms with Gasteiger partial charge < -0.3 is 5.32 Å². The first-order chi connectivity index (χ1) is 10.8. The van der Waals surface area contributed by atoms with Crippen LogP contribution in [0.5, 0.6) is 0 Å². The fourth-order valence-corrected chi connectivity index (χ4v) is 2.77. The van der Waals surface area contributed by atoms with E-state index in [1.54, 1.807) is 0 Å². The van der Waals surface area contributed by atoms with Crippen molar-refractivity contribution in [3.8, 4) is 0 Å². The van der Waals surface area contributed by atoms with Crippen molar-refractivity contribution >= 4 is 23.0 Å². The quantitative estimate of drug-likeness (QED) is 0.674. The third-order valence-corrected chi connectivity index (χ3v) is 4.01. The van der Waals surface area contributed by atoms with Crippen molar-refractivity contribution in [1.82, 2.24) is 10.7 Å². The van der Waals surface area contributed by atoms with E-state index in [0.29, 0.717) is 11.7 Å². The minimum Gasteiger partial charge on any atom is -0.357 e. The molecule has 1 aliphatic carbocycles. The molecule has 0 radical (unpaired) electrons. The minimum atomic E-state index is 0.555. The van der Waals surface area contributed by atoms with Gasteiger partial charge in [0.25, 0.3) is 0 Å². The van der Waals surface area contributed by atoms with E-state index in [1.807, 2.05) is 18.2 Å². The van der Waals surface area contributed by atoms with Gasteiger partial charge in [-0.15, -0.1) is 0 Å². The molecule has 2 aromatic rings. The average molecular weight is 309 g/mol. The SMILES string of the molecule is S=C(NCc1ccccc1)NN=C1CCCc2ccccc21. The molecule has 0 unspecified atom stereocenters. The first-order valence-electron chi connectivity index (χ1n) is 7.55. The lowest BCUT2D eigenvalue weighted by Crippen LogP contribution is -2.32. The first-order valence-corrected chi connectivity index (χ1v) is 7.96. The monoisotopic (exact) mass is 309 g/mol. The smallest absolute Gasteiger partial charge is 0.187 e. The molecule has 2 N–H and O–H groups in total. The van der Waals surface area contributed by atoms with E-state index >= 15 is 0 Å². The predicted molar refractivity (Wildman–Crippen MR) is 94.9 cm³/mol. The van der Waals surface area contributed by atoms with Crippen LogP contribution in [-0.4, -0.2) is 10.8 Å². The van der Waals surface area contributed by atoms with E-state index in [2.05, 4.69) is 52.2 Å². The van der Waals surface area contributed by atoms with Crippen LogP contribution in [-0.2, 0) is 13.0 Å². The third-order valence-electron chi connectivity index (χ3n) is 3.78. The van der Waals surface area contributed by atoms with Crippen LogP contribution in [0.2, 0.25) is 0 Å². The molecule has 112 valence electrons. The predicted octanol–water partition coefficient (Wildman–Crippen LogP) is 3.39. The minimum absolute atomic E-state index is 0.555. The standard InChI is InChI=1S/C18H19N3S/c22-18(19-13-14-7-2-1-3-8-14)21-20-17-12-6-10-15-9-4-5-11-16(15)17/h1-5,7-9,11H,6,10,12-13H2,(H2,19,21,22). The van der Waals surface area contributed by atoms with Crippen LogP contribution >= 0.6 is 12.2 Å². The van der Waals surface area contributed by atoms with E-state index in [0.717, 1.165) is 25.0 Å². The van der Waals surface area contributed by atoms with Gasteiger partial charge in [0.2, 0.25) is 0 Å². The Balaban J connectivity index is 1.59. The lowest BCUT2D eigenvalue weighted by Gasteiger charge is -2.17. The Morgan fingerprint density at radius 1 is 1.00 bits per heavy atom. The zero-order valence-electron chi connectivity index (χ0n) is 12.4. The number of hydrogen-bond acceptors (Lipinski definition) is 2. The number of hydrogen-bond donors (Lipinski definition) is 2. The Kier molecular flexibility index (Phi) is 4.81. The molecule has 3 nitrogen and oxygen atoms in total. The van der Waals surface area contributed by atoms with Gasteiger partial charge in [0.1, 0.15) is 0 Å².